The van der Waals surface area contributed by atoms with Crippen LogP contribution in [0.3, 0.4) is 0 Å². The Morgan fingerprint density at radius 3 is 2.38 bits per heavy atom. The third-order valence-electron chi connectivity index (χ3n) is 5.25. The minimum absolute atomic E-state index is 0.933. The van der Waals surface area contributed by atoms with Gasteiger partial charge in [-0.3, -0.25) is 0 Å². The Kier molecular flexibility index (Phi) is 4.48. The molecule has 4 heteroatoms. The maximum absolute atomic E-state index is 5.04. The number of rotatable bonds is 2. The third kappa shape index (κ3) is 3.16. The van der Waals surface area contributed by atoms with Crippen LogP contribution in [0.5, 0.6) is 0 Å². The molecule has 1 aromatic carbocycles. The molecule has 0 atom stereocenters. The second-order valence-electron chi connectivity index (χ2n) is 7.01. The molecule has 1 aromatic heterocycles. The van der Waals surface area contributed by atoms with Crippen molar-refractivity contribution in [1.29, 1.82) is 0 Å². The van der Waals surface area contributed by atoms with Crippen molar-refractivity contribution >= 4 is 5.95 Å². The van der Waals surface area contributed by atoms with Gasteiger partial charge in [-0.15, -0.1) is 0 Å². The third-order valence-corrected chi connectivity index (χ3v) is 5.25. The van der Waals surface area contributed by atoms with Crippen molar-refractivity contribution in [3.63, 3.8) is 0 Å². The molecule has 0 saturated carbocycles. The minimum Gasteiger partial charge on any atom is -0.338 e. The van der Waals surface area contributed by atoms with Crippen LogP contribution < -0.4 is 4.90 Å². The van der Waals surface area contributed by atoms with Crippen molar-refractivity contribution in [1.82, 2.24) is 14.9 Å². The van der Waals surface area contributed by atoms with Gasteiger partial charge in [-0.25, -0.2) is 9.97 Å². The Labute approximate surface area is 144 Å². The largest absolute Gasteiger partial charge is 0.338 e. The maximum atomic E-state index is 5.04. The summed E-state index contributed by atoms with van der Waals surface area (Å²) in [6.45, 7) is 4.20. The first-order valence-electron chi connectivity index (χ1n) is 9.20. The zero-order chi connectivity index (χ0) is 16.4. The first-order valence-corrected chi connectivity index (χ1v) is 9.20. The summed E-state index contributed by atoms with van der Waals surface area (Å²) >= 11 is 0. The van der Waals surface area contributed by atoms with E-state index in [-0.39, 0.29) is 0 Å². The van der Waals surface area contributed by atoms with E-state index in [2.05, 4.69) is 47.2 Å². The van der Waals surface area contributed by atoms with Gasteiger partial charge in [-0.1, -0.05) is 36.8 Å². The van der Waals surface area contributed by atoms with E-state index in [1.54, 1.807) is 0 Å². The number of piperazine rings is 1. The summed E-state index contributed by atoms with van der Waals surface area (Å²) in [5.74, 6) is 0.933. The number of hydrogen-bond donors (Lipinski definition) is 0. The molecule has 2 aromatic rings. The Morgan fingerprint density at radius 1 is 0.833 bits per heavy atom. The summed E-state index contributed by atoms with van der Waals surface area (Å²) in [6, 6.07) is 10.7. The number of nitrogens with zero attached hydrogens (tertiary/aromatic N) is 4. The molecular formula is C20H26N4. The van der Waals surface area contributed by atoms with E-state index in [0.717, 1.165) is 50.7 Å². The number of aryl methyl sites for hydroxylation is 1. The van der Waals surface area contributed by atoms with E-state index >= 15 is 0 Å². The molecule has 0 unspecified atom stereocenters. The van der Waals surface area contributed by atoms with Crippen molar-refractivity contribution in [3.05, 3.63) is 41.6 Å². The highest BCUT2D eigenvalue weighted by molar-refractivity contribution is 5.65. The summed E-state index contributed by atoms with van der Waals surface area (Å²) in [6.07, 6.45) is 6.01. The number of anilines is 1. The fraction of sp³-hybridized carbons (Fsp3) is 0.500. The Morgan fingerprint density at radius 2 is 1.58 bits per heavy atom. The van der Waals surface area contributed by atoms with E-state index in [9.17, 15) is 0 Å². The molecule has 1 fully saturated rings. The van der Waals surface area contributed by atoms with Crippen molar-refractivity contribution in [2.45, 2.75) is 32.1 Å². The predicted molar refractivity (Wildman–Crippen MR) is 98.4 cm³/mol. The molecule has 2 heterocycles. The summed E-state index contributed by atoms with van der Waals surface area (Å²) in [4.78, 5) is 14.8. The highest BCUT2D eigenvalue weighted by Gasteiger charge is 2.22. The molecular weight excluding hydrogens is 296 g/mol. The van der Waals surface area contributed by atoms with Crippen molar-refractivity contribution in [2.24, 2.45) is 0 Å². The van der Waals surface area contributed by atoms with Gasteiger partial charge in [-0.2, -0.15) is 0 Å². The number of hydrogen-bond acceptors (Lipinski definition) is 4. The van der Waals surface area contributed by atoms with Gasteiger partial charge in [-0.05, 0) is 32.7 Å². The van der Waals surface area contributed by atoms with Gasteiger partial charge in [0.2, 0.25) is 5.95 Å². The van der Waals surface area contributed by atoms with Gasteiger partial charge < -0.3 is 9.80 Å². The van der Waals surface area contributed by atoms with E-state index in [0.29, 0.717) is 0 Å². The molecule has 1 aliphatic heterocycles. The van der Waals surface area contributed by atoms with Crippen LogP contribution in [0.4, 0.5) is 5.95 Å². The lowest BCUT2D eigenvalue weighted by atomic mass is 10.0. The lowest BCUT2D eigenvalue weighted by molar-refractivity contribution is 0.311. The molecule has 0 amide bonds. The highest BCUT2D eigenvalue weighted by Crippen LogP contribution is 2.30. The summed E-state index contributed by atoms with van der Waals surface area (Å²) in [5.41, 5.74) is 5.07. The highest BCUT2D eigenvalue weighted by atomic mass is 15.3. The van der Waals surface area contributed by atoms with Crippen molar-refractivity contribution < 1.29 is 0 Å². The van der Waals surface area contributed by atoms with Crippen LogP contribution in [-0.4, -0.2) is 48.1 Å². The van der Waals surface area contributed by atoms with Crippen molar-refractivity contribution in [2.75, 3.05) is 38.1 Å². The fourth-order valence-electron chi connectivity index (χ4n) is 3.74. The van der Waals surface area contributed by atoms with Gasteiger partial charge >= 0.3 is 0 Å². The molecule has 126 valence electrons. The molecule has 0 radical (unpaired) electrons. The predicted octanol–water partition coefficient (Wildman–Crippen LogP) is 3.16. The van der Waals surface area contributed by atoms with Gasteiger partial charge in [0.1, 0.15) is 0 Å². The molecule has 0 N–H and O–H groups in total. The van der Waals surface area contributed by atoms with E-state index < -0.39 is 0 Å². The van der Waals surface area contributed by atoms with Gasteiger partial charge in [0, 0.05) is 43.0 Å². The molecule has 0 spiro atoms. The monoisotopic (exact) mass is 322 g/mol. The number of aromatic nitrogens is 2. The molecule has 24 heavy (non-hydrogen) atoms. The van der Waals surface area contributed by atoms with Crippen LogP contribution in [0, 0.1) is 0 Å². The molecule has 2 aliphatic rings. The molecule has 1 aliphatic carbocycles. The summed E-state index contributed by atoms with van der Waals surface area (Å²) < 4.78 is 0. The van der Waals surface area contributed by atoms with E-state index in [1.807, 2.05) is 0 Å². The molecule has 0 bridgehead atoms. The van der Waals surface area contributed by atoms with Crippen molar-refractivity contribution in [3.8, 4) is 11.3 Å². The van der Waals surface area contributed by atoms with Crippen LogP contribution in [0.15, 0.2) is 30.3 Å². The molecule has 4 rings (SSSR count). The SMILES string of the molecule is CN1CCN(c2nc3c(c(-c4ccccc4)n2)CCCCC3)CC1. The minimum atomic E-state index is 0.933. The average Bonchev–Trinajstić information content (AvgIpc) is 2.87. The Hall–Kier alpha value is -1.94. The second kappa shape index (κ2) is 6.89. The second-order valence-corrected chi connectivity index (χ2v) is 7.01. The standard InChI is InChI=1S/C20H26N4/c1-23-12-14-24(15-13-23)20-21-18-11-7-3-6-10-17(18)19(22-20)16-8-4-2-5-9-16/h2,4-5,8-9H,3,6-7,10-15H2,1H3. The van der Waals surface area contributed by atoms with Crippen LogP contribution in [0.25, 0.3) is 11.3 Å². The fourth-order valence-corrected chi connectivity index (χ4v) is 3.74. The summed E-state index contributed by atoms with van der Waals surface area (Å²) in [7, 11) is 2.19. The first kappa shape index (κ1) is 15.6. The zero-order valence-corrected chi connectivity index (χ0v) is 14.5. The maximum Gasteiger partial charge on any atom is 0.226 e. The quantitative estimate of drug-likeness (QED) is 0.795. The van der Waals surface area contributed by atoms with Gasteiger partial charge in [0.15, 0.2) is 0 Å². The zero-order valence-electron chi connectivity index (χ0n) is 14.5. The Bertz CT molecular complexity index is 690. The molecule has 1 saturated heterocycles. The van der Waals surface area contributed by atoms with Crippen LogP contribution in [-0.2, 0) is 12.8 Å². The van der Waals surface area contributed by atoms with Crippen LogP contribution in [0.2, 0.25) is 0 Å². The lowest BCUT2D eigenvalue weighted by Gasteiger charge is -2.33. The smallest absolute Gasteiger partial charge is 0.226 e. The first-order chi connectivity index (χ1) is 11.8. The van der Waals surface area contributed by atoms with E-state index in [1.165, 1.54) is 36.1 Å². The van der Waals surface area contributed by atoms with Gasteiger partial charge in [0.05, 0.1) is 5.69 Å². The lowest BCUT2D eigenvalue weighted by Crippen LogP contribution is -2.45. The summed E-state index contributed by atoms with van der Waals surface area (Å²) in [5, 5.41) is 0. The van der Waals surface area contributed by atoms with Crippen LogP contribution in [0.1, 0.15) is 30.5 Å². The van der Waals surface area contributed by atoms with E-state index in [4.69, 9.17) is 9.97 Å². The van der Waals surface area contributed by atoms with Gasteiger partial charge in [0.25, 0.3) is 0 Å². The topological polar surface area (TPSA) is 32.3 Å². The average molecular weight is 322 g/mol. The normalized spacial score (nSPS) is 19.0. The molecule has 4 nitrogen and oxygen atoms in total. The number of likely N-dealkylation sites (N-methyl/N-ethyl adjacent to an activating group) is 1. The number of fused-ring (bicyclic) bond motifs is 1. The van der Waals surface area contributed by atoms with Crippen LogP contribution >= 0.6 is 0 Å². The number of benzene rings is 1. The Balaban J connectivity index is 1.77.